The zero-order valence-corrected chi connectivity index (χ0v) is 17.8. The molecule has 0 spiro atoms. The van der Waals surface area contributed by atoms with Gasteiger partial charge in [-0.2, -0.15) is 0 Å². The van der Waals surface area contributed by atoms with Crippen LogP contribution in [-0.2, 0) is 16.6 Å². The maximum Gasteiger partial charge on any atom is 0.266 e. The van der Waals surface area contributed by atoms with E-state index in [0.29, 0.717) is 16.5 Å². The lowest BCUT2D eigenvalue weighted by Gasteiger charge is -2.24. The van der Waals surface area contributed by atoms with E-state index in [-0.39, 0.29) is 34.4 Å². The van der Waals surface area contributed by atoms with Crippen molar-refractivity contribution in [3.05, 3.63) is 77.1 Å². The van der Waals surface area contributed by atoms with Gasteiger partial charge < -0.3 is 14.8 Å². The van der Waals surface area contributed by atoms with E-state index in [4.69, 9.17) is 21.1 Å². The highest BCUT2D eigenvalue weighted by molar-refractivity contribution is 7.90. The molecule has 0 saturated heterocycles. The number of aliphatic imine (C=N–C) groups is 1. The quantitative estimate of drug-likeness (QED) is 0.582. The summed E-state index contributed by atoms with van der Waals surface area (Å²) in [5.41, 5.74) is 0.394. The predicted molar refractivity (Wildman–Crippen MR) is 116 cm³/mol. The molecule has 0 aliphatic carbocycles. The Morgan fingerprint density at radius 2 is 1.71 bits per heavy atom. The number of hydrogen-bond acceptors (Lipinski definition) is 5. The minimum atomic E-state index is -3.93. The molecule has 31 heavy (non-hydrogen) atoms. The standard InChI is InChI=1S/C21H17ClFN3O4S/c1-29-16-9-4-7-15(23)13(16)12-24-21-25-20-18(30-17-8-3-2-6-14(17)22)10-5-11-19(20)31(27,28)26-21/h2-11H,12H2,1H3,(H2,24,25,26). The highest BCUT2D eigenvalue weighted by Crippen LogP contribution is 2.38. The highest BCUT2D eigenvalue weighted by Gasteiger charge is 2.29. The molecule has 0 amide bonds. The summed E-state index contributed by atoms with van der Waals surface area (Å²) in [7, 11) is -2.51. The number of hydrogen-bond donors (Lipinski definition) is 2. The van der Waals surface area contributed by atoms with Crippen LogP contribution in [0.3, 0.4) is 0 Å². The molecular formula is C21H17ClFN3O4S. The first kappa shape index (κ1) is 21.0. The maximum absolute atomic E-state index is 14.2. The van der Waals surface area contributed by atoms with Gasteiger partial charge in [0, 0.05) is 0 Å². The van der Waals surface area contributed by atoms with E-state index in [9.17, 15) is 12.8 Å². The van der Waals surface area contributed by atoms with E-state index in [0.717, 1.165) is 0 Å². The fraction of sp³-hybridized carbons (Fsp3) is 0.0952. The first-order chi connectivity index (χ1) is 14.9. The van der Waals surface area contributed by atoms with Gasteiger partial charge in [-0.1, -0.05) is 35.9 Å². The largest absolute Gasteiger partial charge is 0.496 e. The molecule has 0 aromatic heterocycles. The molecule has 0 atom stereocenters. The van der Waals surface area contributed by atoms with E-state index < -0.39 is 15.8 Å². The topological polar surface area (TPSA) is 89.0 Å². The Labute approximate surface area is 183 Å². The average Bonchev–Trinajstić information content (AvgIpc) is 2.74. The van der Waals surface area contributed by atoms with Crippen LogP contribution in [0.4, 0.5) is 10.1 Å². The number of rotatable bonds is 5. The van der Waals surface area contributed by atoms with Crippen molar-refractivity contribution in [2.45, 2.75) is 11.4 Å². The number of nitrogens with zero attached hydrogens (tertiary/aromatic N) is 1. The maximum atomic E-state index is 14.2. The summed E-state index contributed by atoms with van der Waals surface area (Å²) >= 11 is 6.16. The van der Waals surface area contributed by atoms with Crippen LogP contribution in [0, 0.1) is 5.82 Å². The predicted octanol–water partition coefficient (Wildman–Crippen LogP) is 4.54. The lowest BCUT2D eigenvalue weighted by molar-refractivity contribution is 0.404. The monoisotopic (exact) mass is 461 g/mol. The Kier molecular flexibility index (Phi) is 5.71. The van der Waals surface area contributed by atoms with Crippen molar-refractivity contribution in [1.29, 1.82) is 0 Å². The molecule has 2 N–H and O–H groups in total. The Morgan fingerprint density at radius 1 is 1.00 bits per heavy atom. The van der Waals surface area contributed by atoms with Gasteiger partial charge in [-0.05, 0) is 36.4 Å². The fourth-order valence-electron chi connectivity index (χ4n) is 3.03. The summed E-state index contributed by atoms with van der Waals surface area (Å²) in [5, 5.41) is 3.29. The van der Waals surface area contributed by atoms with Gasteiger partial charge in [0.1, 0.15) is 27.9 Å². The number of sulfonamides is 1. The lowest BCUT2D eigenvalue weighted by atomic mass is 10.2. The Balaban J connectivity index is 1.69. The number of halogens is 2. The van der Waals surface area contributed by atoms with Crippen LogP contribution in [0.25, 0.3) is 0 Å². The minimum absolute atomic E-state index is 0.0144. The molecular weight excluding hydrogens is 445 g/mol. The first-order valence-corrected chi connectivity index (χ1v) is 11.0. The van der Waals surface area contributed by atoms with Crippen LogP contribution in [-0.4, -0.2) is 21.5 Å². The van der Waals surface area contributed by atoms with Crippen LogP contribution in [0.5, 0.6) is 17.2 Å². The van der Waals surface area contributed by atoms with Gasteiger partial charge in [-0.15, -0.1) is 0 Å². The second-order valence-corrected chi connectivity index (χ2v) is 8.54. The van der Waals surface area contributed by atoms with E-state index in [1.54, 1.807) is 42.5 Å². The summed E-state index contributed by atoms with van der Waals surface area (Å²) in [4.78, 5) is 4.18. The SMILES string of the molecule is COc1cccc(F)c1CN=C1Nc2c(Oc3ccccc3Cl)cccc2S(=O)(=O)N1. The second-order valence-electron chi connectivity index (χ2n) is 6.48. The zero-order valence-electron chi connectivity index (χ0n) is 16.2. The smallest absolute Gasteiger partial charge is 0.266 e. The van der Waals surface area contributed by atoms with Gasteiger partial charge >= 0.3 is 0 Å². The third-order valence-electron chi connectivity index (χ3n) is 4.50. The molecule has 3 aromatic carbocycles. The molecule has 0 saturated carbocycles. The van der Waals surface area contributed by atoms with Gasteiger partial charge in [0.15, 0.2) is 5.75 Å². The molecule has 0 radical (unpaired) electrons. The average molecular weight is 462 g/mol. The van der Waals surface area contributed by atoms with Crippen molar-refractivity contribution >= 4 is 33.3 Å². The molecule has 4 rings (SSSR count). The third-order valence-corrected chi connectivity index (χ3v) is 6.19. The first-order valence-electron chi connectivity index (χ1n) is 9.10. The summed E-state index contributed by atoms with van der Waals surface area (Å²) in [5.74, 6) is 0.335. The van der Waals surface area contributed by atoms with Gasteiger partial charge in [-0.25, -0.2) is 22.5 Å². The number of benzene rings is 3. The van der Waals surface area contributed by atoms with Crippen LogP contribution >= 0.6 is 11.6 Å². The zero-order chi connectivity index (χ0) is 22.0. The molecule has 160 valence electrons. The molecule has 7 nitrogen and oxygen atoms in total. The van der Waals surface area contributed by atoms with Gasteiger partial charge in [0.2, 0.25) is 5.96 Å². The molecule has 10 heteroatoms. The van der Waals surface area contributed by atoms with Crippen LogP contribution < -0.4 is 19.5 Å². The molecule has 0 unspecified atom stereocenters. The number of anilines is 1. The number of nitrogens with one attached hydrogen (secondary N) is 2. The summed E-state index contributed by atoms with van der Waals surface area (Å²) < 4.78 is 53.0. The fourth-order valence-corrected chi connectivity index (χ4v) is 4.36. The molecule has 0 fully saturated rings. The molecule has 3 aromatic rings. The Bertz CT molecular complexity index is 1280. The van der Waals surface area contributed by atoms with Crippen molar-refractivity contribution in [1.82, 2.24) is 4.72 Å². The Morgan fingerprint density at radius 3 is 2.48 bits per heavy atom. The second kappa shape index (κ2) is 8.44. The van der Waals surface area contributed by atoms with E-state index >= 15 is 0 Å². The van der Waals surface area contributed by atoms with Crippen molar-refractivity contribution in [3.8, 4) is 17.2 Å². The molecule has 1 heterocycles. The molecule has 0 bridgehead atoms. The van der Waals surface area contributed by atoms with Crippen molar-refractivity contribution in [2.75, 3.05) is 12.4 Å². The van der Waals surface area contributed by atoms with E-state index in [2.05, 4.69) is 15.0 Å². The van der Waals surface area contributed by atoms with Crippen molar-refractivity contribution in [2.24, 2.45) is 4.99 Å². The minimum Gasteiger partial charge on any atom is -0.496 e. The summed E-state index contributed by atoms with van der Waals surface area (Å²) in [6.45, 7) is -0.149. The number of para-hydroxylation sites is 2. The van der Waals surface area contributed by atoms with E-state index in [1.807, 2.05) is 0 Å². The summed E-state index contributed by atoms with van der Waals surface area (Å²) in [6.07, 6.45) is 0. The van der Waals surface area contributed by atoms with E-state index in [1.165, 1.54) is 25.3 Å². The number of ether oxygens (including phenoxy) is 2. The van der Waals surface area contributed by atoms with Crippen molar-refractivity contribution < 1.29 is 22.3 Å². The molecule has 1 aliphatic rings. The van der Waals surface area contributed by atoms with Crippen LogP contribution in [0.15, 0.2) is 70.6 Å². The van der Waals surface area contributed by atoms with Crippen molar-refractivity contribution in [3.63, 3.8) is 0 Å². The number of guanidine groups is 1. The summed E-state index contributed by atoms with van der Waals surface area (Å²) in [6, 6.07) is 15.8. The lowest BCUT2D eigenvalue weighted by Crippen LogP contribution is -2.40. The molecule has 1 aliphatic heterocycles. The highest BCUT2D eigenvalue weighted by atomic mass is 35.5. The van der Waals surface area contributed by atoms with Crippen LogP contribution in [0.1, 0.15) is 5.56 Å². The normalized spacial score (nSPS) is 15.5. The number of methoxy groups -OCH3 is 1. The van der Waals surface area contributed by atoms with Gasteiger partial charge in [0.05, 0.1) is 24.2 Å². The van der Waals surface area contributed by atoms with Gasteiger partial charge in [-0.3, -0.25) is 0 Å². The number of fused-ring (bicyclic) bond motifs is 1. The van der Waals surface area contributed by atoms with Gasteiger partial charge in [0.25, 0.3) is 10.0 Å². The third kappa shape index (κ3) is 4.28. The Hall–Kier alpha value is -3.30. The van der Waals surface area contributed by atoms with Crippen LogP contribution in [0.2, 0.25) is 5.02 Å².